The zero-order valence-corrected chi connectivity index (χ0v) is 9.23. The summed E-state index contributed by atoms with van der Waals surface area (Å²) in [5.41, 5.74) is 0. The van der Waals surface area contributed by atoms with E-state index in [0.717, 1.165) is 32.7 Å². The van der Waals surface area contributed by atoms with Gasteiger partial charge in [-0.05, 0) is 5.16 Å². The molecule has 1 aliphatic heterocycles. The number of piperazine rings is 1. The van der Waals surface area contributed by atoms with E-state index in [2.05, 4.69) is 20.4 Å². The van der Waals surface area contributed by atoms with Crippen molar-refractivity contribution in [1.82, 2.24) is 20.4 Å². The van der Waals surface area contributed by atoms with Crippen LogP contribution in [0.2, 0.25) is 0 Å². The molecule has 0 saturated carbocycles. The molecule has 6 heteroatoms. The van der Waals surface area contributed by atoms with E-state index in [-0.39, 0.29) is 0 Å². The lowest BCUT2D eigenvalue weighted by Gasteiger charge is -2.25. The number of rotatable bonds is 3. The molecule has 0 aliphatic carbocycles. The third-order valence-corrected chi connectivity index (χ3v) is 2.43. The van der Waals surface area contributed by atoms with Crippen molar-refractivity contribution in [1.29, 1.82) is 0 Å². The summed E-state index contributed by atoms with van der Waals surface area (Å²) in [6, 6.07) is 0. The van der Waals surface area contributed by atoms with Crippen molar-refractivity contribution in [3.05, 3.63) is 5.89 Å². The highest BCUT2D eigenvalue weighted by Crippen LogP contribution is 2.08. The lowest BCUT2D eigenvalue weighted by atomic mass is 10.3. The largest absolute Gasteiger partial charge is 0.344 e. The van der Waals surface area contributed by atoms with E-state index in [1.807, 2.05) is 19.0 Å². The standard InChI is InChI=1S/C9H17N5O/c1-13(2)9-11-8(15-12-9)7-14-5-3-10-4-6-14/h10H,3-7H2,1-2H3. The summed E-state index contributed by atoms with van der Waals surface area (Å²) in [5.74, 6) is 1.33. The van der Waals surface area contributed by atoms with Crippen LogP contribution in [0.15, 0.2) is 4.52 Å². The smallest absolute Gasteiger partial charge is 0.265 e. The van der Waals surface area contributed by atoms with Crippen LogP contribution in [0.1, 0.15) is 5.89 Å². The van der Waals surface area contributed by atoms with Crippen molar-refractivity contribution in [3.8, 4) is 0 Å². The molecule has 0 bridgehead atoms. The Morgan fingerprint density at radius 1 is 1.40 bits per heavy atom. The van der Waals surface area contributed by atoms with Gasteiger partial charge in [-0.2, -0.15) is 4.98 Å². The zero-order chi connectivity index (χ0) is 10.7. The molecular formula is C9H17N5O. The van der Waals surface area contributed by atoms with Gasteiger partial charge >= 0.3 is 0 Å². The van der Waals surface area contributed by atoms with E-state index >= 15 is 0 Å². The highest BCUT2D eigenvalue weighted by molar-refractivity contribution is 5.23. The second-order valence-corrected chi connectivity index (χ2v) is 3.91. The number of aromatic nitrogens is 2. The first-order chi connectivity index (χ1) is 7.25. The Kier molecular flexibility index (Phi) is 3.17. The maximum Gasteiger partial charge on any atom is 0.265 e. The molecule has 1 aromatic rings. The molecule has 2 rings (SSSR count). The first-order valence-corrected chi connectivity index (χ1v) is 5.18. The summed E-state index contributed by atoms with van der Waals surface area (Å²) >= 11 is 0. The summed E-state index contributed by atoms with van der Waals surface area (Å²) in [7, 11) is 3.80. The van der Waals surface area contributed by atoms with Crippen molar-refractivity contribution in [2.24, 2.45) is 0 Å². The fraction of sp³-hybridized carbons (Fsp3) is 0.778. The second kappa shape index (κ2) is 4.59. The molecular weight excluding hydrogens is 194 g/mol. The van der Waals surface area contributed by atoms with Gasteiger partial charge in [0.1, 0.15) is 0 Å². The number of anilines is 1. The minimum absolute atomic E-state index is 0.639. The molecule has 2 heterocycles. The molecule has 0 amide bonds. The van der Waals surface area contributed by atoms with Crippen LogP contribution < -0.4 is 10.2 Å². The van der Waals surface area contributed by atoms with Gasteiger partial charge in [0.2, 0.25) is 5.89 Å². The van der Waals surface area contributed by atoms with E-state index in [4.69, 9.17) is 4.52 Å². The summed E-state index contributed by atoms with van der Waals surface area (Å²) in [6.07, 6.45) is 0. The number of nitrogens with one attached hydrogen (secondary N) is 1. The molecule has 84 valence electrons. The van der Waals surface area contributed by atoms with Crippen LogP contribution in [0.5, 0.6) is 0 Å². The molecule has 6 nitrogen and oxygen atoms in total. The van der Waals surface area contributed by atoms with Gasteiger partial charge in [-0.25, -0.2) is 0 Å². The van der Waals surface area contributed by atoms with Crippen LogP contribution in [-0.2, 0) is 6.54 Å². The zero-order valence-electron chi connectivity index (χ0n) is 9.23. The van der Waals surface area contributed by atoms with Crippen LogP contribution >= 0.6 is 0 Å². The van der Waals surface area contributed by atoms with Crippen molar-refractivity contribution in [2.45, 2.75) is 6.54 Å². The van der Waals surface area contributed by atoms with E-state index in [1.54, 1.807) is 0 Å². The second-order valence-electron chi connectivity index (χ2n) is 3.91. The van der Waals surface area contributed by atoms with Gasteiger partial charge in [0.15, 0.2) is 0 Å². The predicted molar refractivity (Wildman–Crippen MR) is 56.8 cm³/mol. The Balaban J connectivity index is 1.91. The molecule has 0 aromatic carbocycles. The highest BCUT2D eigenvalue weighted by Gasteiger charge is 2.14. The monoisotopic (exact) mass is 211 g/mol. The van der Waals surface area contributed by atoms with Gasteiger partial charge < -0.3 is 14.7 Å². The van der Waals surface area contributed by atoms with E-state index in [1.165, 1.54) is 0 Å². The van der Waals surface area contributed by atoms with E-state index in [0.29, 0.717) is 11.8 Å². The summed E-state index contributed by atoms with van der Waals surface area (Å²) in [6.45, 7) is 4.91. The Bertz CT molecular complexity index is 305. The van der Waals surface area contributed by atoms with Crippen LogP contribution in [0.25, 0.3) is 0 Å². The normalized spacial score (nSPS) is 18.0. The van der Waals surface area contributed by atoms with Crippen LogP contribution in [-0.4, -0.2) is 55.3 Å². The molecule has 1 fully saturated rings. The fourth-order valence-corrected chi connectivity index (χ4v) is 1.55. The van der Waals surface area contributed by atoms with Crippen molar-refractivity contribution in [2.75, 3.05) is 45.2 Å². The summed E-state index contributed by atoms with van der Waals surface area (Å²) < 4.78 is 5.16. The molecule has 1 saturated heterocycles. The van der Waals surface area contributed by atoms with Crippen molar-refractivity contribution < 1.29 is 4.52 Å². The maximum atomic E-state index is 5.16. The number of hydrogen-bond acceptors (Lipinski definition) is 6. The van der Waals surface area contributed by atoms with Gasteiger partial charge in [-0.1, -0.05) is 0 Å². The Hall–Kier alpha value is -1.14. The van der Waals surface area contributed by atoms with Gasteiger partial charge in [-0.3, -0.25) is 4.90 Å². The SMILES string of the molecule is CN(C)c1noc(CN2CCNCC2)n1. The van der Waals surface area contributed by atoms with Crippen LogP contribution in [0.4, 0.5) is 5.95 Å². The number of nitrogens with zero attached hydrogens (tertiary/aromatic N) is 4. The summed E-state index contributed by atoms with van der Waals surface area (Å²) in [5, 5.41) is 7.19. The number of hydrogen-bond donors (Lipinski definition) is 1. The van der Waals surface area contributed by atoms with Crippen LogP contribution in [0.3, 0.4) is 0 Å². The van der Waals surface area contributed by atoms with E-state index in [9.17, 15) is 0 Å². The minimum atomic E-state index is 0.639. The van der Waals surface area contributed by atoms with Gasteiger partial charge in [0.05, 0.1) is 6.54 Å². The molecule has 1 N–H and O–H groups in total. The highest BCUT2D eigenvalue weighted by atomic mass is 16.5. The third-order valence-electron chi connectivity index (χ3n) is 2.43. The van der Waals surface area contributed by atoms with Gasteiger partial charge in [-0.15, -0.1) is 0 Å². The Morgan fingerprint density at radius 2 is 2.13 bits per heavy atom. The quantitative estimate of drug-likeness (QED) is 0.730. The molecule has 0 atom stereocenters. The minimum Gasteiger partial charge on any atom is -0.344 e. The maximum absolute atomic E-state index is 5.16. The van der Waals surface area contributed by atoms with Gasteiger partial charge in [0, 0.05) is 40.3 Å². The van der Waals surface area contributed by atoms with Crippen molar-refractivity contribution in [3.63, 3.8) is 0 Å². The molecule has 1 aromatic heterocycles. The van der Waals surface area contributed by atoms with Crippen LogP contribution in [0, 0.1) is 0 Å². The van der Waals surface area contributed by atoms with Crippen molar-refractivity contribution >= 4 is 5.95 Å². The lowest BCUT2D eigenvalue weighted by Crippen LogP contribution is -2.42. The first-order valence-electron chi connectivity index (χ1n) is 5.18. The molecule has 0 radical (unpaired) electrons. The Morgan fingerprint density at radius 3 is 2.73 bits per heavy atom. The fourth-order valence-electron chi connectivity index (χ4n) is 1.55. The molecule has 0 unspecified atom stereocenters. The lowest BCUT2D eigenvalue weighted by molar-refractivity contribution is 0.203. The average Bonchev–Trinajstić information content (AvgIpc) is 2.68. The molecule has 15 heavy (non-hydrogen) atoms. The average molecular weight is 211 g/mol. The van der Waals surface area contributed by atoms with E-state index < -0.39 is 0 Å². The third kappa shape index (κ3) is 2.66. The predicted octanol–water partition coefficient (Wildman–Crippen LogP) is -0.459. The van der Waals surface area contributed by atoms with Gasteiger partial charge in [0.25, 0.3) is 5.95 Å². The topological polar surface area (TPSA) is 57.4 Å². The summed E-state index contributed by atoms with van der Waals surface area (Å²) in [4.78, 5) is 8.44. The first kappa shape index (κ1) is 10.4. The Labute approximate surface area is 89.2 Å². The molecule has 1 aliphatic rings. The molecule has 0 spiro atoms.